The van der Waals surface area contributed by atoms with Crippen LogP contribution in [0.3, 0.4) is 0 Å². The zero-order valence-corrected chi connectivity index (χ0v) is 21.1. The maximum Gasteiger partial charge on any atom is 0.325 e. The van der Waals surface area contributed by atoms with Crippen molar-refractivity contribution in [3.05, 3.63) is 52.8 Å². The van der Waals surface area contributed by atoms with Gasteiger partial charge in [0.05, 0.1) is 7.11 Å². The fourth-order valence-electron chi connectivity index (χ4n) is 4.96. The SMILES string of the molecule is COc1ccnc(C(=O)NCC(=O)OC(C)C(c2ccc(C)cc2C)C2CCCC2)c1OC(C)=O. The van der Waals surface area contributed by atoms with E-state index in [9.17, 15) is 14.4 Å². The quantitative estimate of drug-likeness (QED) is 0.532. The molecule has 1 aliphatic rings. The highest BCUT2D eigenvalue weighted by molar-refractivity contribution is 5.98. The second-order valence-corrected chi connectivity index (χ2v) is 9.09. The summed E-state index contributed by atoms with van der Waals surface area (Å²) in [5.41, 5.74) is 3.45. The second-order valence-electron chi connectivity index (χ2n) is 9.09. The van der Waals surface area contributed by atoms with E-state index in [1.807, 2.05) is 6.92 Å². The highest BCUT2D eigenvalue weighted by atomic mass is 16.6. The highest BCUT2D eigenvalue weighted by Gasteiger charge is 2.33. The van der Waals surface area contributed by atoms with Gasteiger partial charge in [-0.1, -0.05) is 36.6 Å². The molecule has 1 heterocycles. The van der Waals surface area contributed by atoms with E-state index in [-0.39, 0.29) is 35.8 Å². The Hall–Kier alpha value is -3.42. The van der Waals surface area contributed by atoms with Crippen LogP contribution in [0.25, 0.3) is 0 Å². The molecule has 8 nitrogen and oxygen atoms in total. The average molecular weight is 483 g/mol. The molecule has 1 amide bonds. The number of methoxy groups -OCH3 is 1. The molecule has 1 aromatic heterocycles. The van der Waals surface area contributed by atoms with Gasteiger partial charge in [-0.25, -0.2) is 4.98 Å². The number of ether oxygens (including phenoxy) is 3. The Morgan fingerprint density at radius 1 is 1.14 bits per heavy atom. The Morgan fingerprint density at radius 2 is 1.86 bits per heavy atom. The number of pyridine rings is 1. The monoisotopic (exact) mass is 482 g/mol. The molecule has 35 heavy (non-hydrogen) atoms. The molecule has 2 unspecified atom stereocenters. The van der Waals surface area contributed by atoms with E-state index in [1.54, 1.807) is 0 Å². The lowest BCUT2D eigenvalue weighted by atomic mass is 9.79. The largest absolute Gasteiger partial charge is 0.493 e. The number of amides is 1. The molecule has 0 saturated heterocycles. The topological polar surface area (TPSA) is 104 Å². The summed E-state index contributed by atoms with van der Waals surface area (Å²) in [7, 11) is 1.39. The van der Waals surface area contributed by atoms with Gasteiger partial charge in [0, 0.05) is 25.1 Å². The smallest absolute Gasteiger partial charge is 0.325 e. The van der Waals surface area contributed by atoms with Crippen molar-refractivity contribution in [2.24, 2.45) is 5.92 Å². The number of aryl methyl sites for hydroxylation is 2. The molecular weight excluding hydrogens is 448 g/mol. The minimum atomic E-state index is -0.675. The van der Waals surface area contributed by atoms with Gasteiger partial charge < -0.3 is 19.5 Å². The number of aromatic nitrogens is 1. The molecule has 8 heteroatoms. The first kappa shape index (κ1) is 26.2. The lowest BCUT2D eigenvalue weighted by molar-refractivity contribution is -0.148. The van der Waals surface area contributed by atoms with Crippen LogP contribution in [0.5, 0.6) is 11.5 Å². The molecule has 0 bridgehead atoms. The van der Waals surface area contributed by atoms with Crippen LogP contribution in [0, 0.1) is 19.8 Å². The Labute approximate surface area is 206 Å². The van der Waals surface area contributed by atoms with Crippen LogP contribution in [0.2, 0.25) is 0 Å². The molecule has 1 aliphatic carbocycles. The third-order valence-corrected chi connectivity index (χ3v) is 6.46. The number of hydrogen-bond acceptors (Lipinski definition) is 7. The van der Waals surface area contributed by atoms with Crippen LogP contribution in [0.15, 0.2) is 30.5 Å². The van der Waals surface area contributed by atoms with Gasteiger partial charge in [0.25, 0.3) is 5.91 Å². The van der Waals surface area contributed by atoms with Crippen molar-refractivity contribution in [1.29, 1.82) is 0 Å². The van der Waals surface area contributed by atoms with Crippen LogP contribution in [-0.2, 0) is 14.3 Å². The first-order valence-electron chi connectivity index (χ1n) is 12.0. The standard InChI is InChI=1S/C27H34N2O6/c1-16-10-11-21(17(2)14-16)24(20-8-6-7-9-20)18(3)34-23(31)15-29-27(32)25-26(35-19(4)30)22(33-5)12-13-28-25/h10-14,18,20,24H,6-9,15H2,1-5H3,(H,29,32). The third-order valence-electron chi connectivity index (χ3n) is 6.46. The zero-order valence-electron chi connectivity index (χ0n) is 21.1. The first-order valence-corrected chi connectivity index (χ1v) is 12.0. The number of esters is 2. The fraction of sp³-hybridized carbons (Fsp3) is 0.481. The summed E-state index contributed by atoms with van der Waals surface area (Å²) in [5, 5.41) is 2.51. The lowest BCUT2D eigenvalue weighted by Crippen LogP contribution is -2.35. The van der Waals surface area contributed by atoms with Crippen molar-refractivity contribution in [2.75, 3.05) is 13.7 Å². The van der Waals surface area contributed by atoms with Gasteiger partial charge in [-0.15, -0.1) is 0 Å². The van der Waals surface area contributed by atoms with E-state index in [4.69, 9.17) is 14.2 Å². The van der Waals surface area contributed by atoms with Gasteiger partial charge in [-0.05, 0) is 50.7 Å². The summed E-state index contributed by atoms with van der Waals surface area (Å²) in [6.07, 6.45) is 5.59. The van der Waals surface area contributed by atoms with E-state index in [0.29, 0.717) is 5.92 Å². The van der Waals surface area contributed by atoms with Gasteiger partial charge in [-0.2, -0.15) is 0 Å². The summed E-state index contributed by atoms with van der Waals surface area (Å²) < 4.78 is 16.1. The third kappa shape index (κ3) is 6.59. The molecule has 1 saturated carbocycles. The number of benzene rings is 1. The highest BCUT2D eigenvalue weighted by Crippen LogP contribution is 2.41. The number of nitrogens with zero attached hydrogens (tertiary/aromatic N) is 1. The Morgan fingerprint density at radius 3 is 2.49 bits per heavy atom. The minimum absolute atomic E-state index is 0.0911. The number of carbonyl (C=O) groups is 3. The van der Waals surface area contributed by atoms with Crippen LogP contribution < -0.4 is 14.8 Å². The number of hydrogen-bond donors (Lipinski definition) is 1. The Kier molecular flexibility index (Phi) is 8.84. The molecular formula is C27H34N2O6. The molecule has 0 spiro atoms. The summed E-state index contributed by atoms with van der Waals surface area (Å²) in [6.45, 7) is 6.96. The minimum Gasteiger partial charge on any atom is -0.493 e. The van der Waals surface area contributed by atoms with E-state index in [2.05, 4.69) is 42.3 Å². The normalized spacial score (nSPS) is 15.2. The second kappa shape index (κ2) is 11.8. The van der Waals surface area contributed by atoms with Crippen LogP contribution >= 0.6 is 0 Å². The maximum absolute atomic E-state index is 12.7. The predicted octanol–water partition coefficient (Wildman–Crippen LogP) is 4.27. The first-order chi connectivity index (χ1) is 16.7. The molecule has 2 aromatic rings. The van der Waals surface area contributed by atoms with Crippen molar-refractivity contribution >= 4 is 17.8 Å². The van der Waals surface area contributed by atoms with E-state index in [0.717, 1.165) is 12.8 Å². The predicted molar refractivity (Wildman–Crippen MR) is 131 cm³/mol. The van der Waals surface area contributed by atoms with E-state index in [1.165, 1.54) is 55.8 Å². The van der Waals surface area contributed by atoms with Crippen LogP contribution in [0.4, 0.5) is 0 Å². The molecule has 1 N–H and O–H groups in total. The molecule has 1 aromatic carbocycles. The van der Waals surface area contributed by atoms with Crippen molar-refractivity contribution in [1.82, 2.24) is 10.3 Å². The van der Waals surface area contributed by atoms with Gasteiger partial charge >= 0.3 is 11.9 Å². The van der Waals surface area contributed by atoms with E-state index < -0.39 is 17.8 Å². The van der Waals surface area contributed by atoms with Crippen LogP contribution in [-0.4, -0.2) is 42.6 Å². The van der Waals surface area contributed by atoms with Gasteiger partial charge in [0.2, 0.25) is 5.75 Å². The summed E-state index contributed by atoms with van der Waals surface area (Å²) in [5.74, 6) is -1.22. The number of nitrogens with one attached hydrogen (secondary N) is 1. The van der Waals surface area contributed by atoms with Crippen LogP contribution in [0.1, 0.15) is 72.6 Å². The summed E-state index contributed by atoms with van der Waals surface area (Å²) in [4.78, 5) is 40.9. The van der Waals surface area contributed by atoms with Crippen molar-refractivity contribution in [3.8, 4) is 11.5 Å². The average Bonchev–Trinajstić information content (AvgIpc) is 3.33. The zero-order chi connectivity index (χ0) is 25.5. The molecule has 2 atom stereocenters. The van der Waals surface area contributed by atoms with Gasteiger partial charge in [0.15, 0.2) is 11.4 Å². The van der Waals surface area contributed by atoms with E-state index >= 15 is 0 Å². The molecule has 0 radical (unpaired) electrons. The molecule has 0 aliphatic heterocycles. The Bertz CT molecular complexity index is 1080. The molecule has 188 valence electrons. The summed E-state index contributed by atoms with van der Waals surface area (Å²) >= 11 is 0. The van der Waals surface area contributed by atoms with Crippen molar-refractivity contribution in [2.45, 2.75) is 65.4 Å². The number of carbonyl (C=O) groups excluding carboxylic acids is 3. The van der Waals surface area contributed by atoms with Gasteiger partial charge in [0.1, 0.15) is 12.6 Å². The Balaban J connectivity index is 1.69. The number of rotatable bonds is 9. The lowest BCUT2D eigenvalue weighted by Gasteiger charge is -2.31. The maximum atomic E-state index is 12.7. The molecule has 1 fully saturated rings. The van der Waals surface area contributed by atoms with Gasteiger partial charge in [-0.3, -0.25) is 14.4 Å². The molecule has 3 rings (SSSR count). The van der Waals surface area contributed by atoms with Crippen molar-refractivity contribution < 1.29 is 28.6 Å². The fourth-order valence-corrected chi connectivity index (χ4v) is 4.96. The summed E-state index contributed by atoms with van der Waals surface area (Å²) in [6, 6.07) is 7.88. The van der Waals surface area contributed by atoms with Crippen molar-refractivity contribution in [3.63, 3.8) is 0 Å².